The number of benzene rings is 2. The number of carbonyl (C=O) groups excluding carboxylic acids is 1. The van der Waals surface area contributed by atoms with E-state index in [1.165, 1.54) is 890 Å². The predicted molar refractivity (Wildman–Crippen MR) is 292 cm³/mol. The van der Waals surface area contributed by atoms with E-state index in [4.69, 9.17) is 4.74 Å². The molecule has 0 aliphatic heterocycles. The molecule has 39 heteroatoms. The Labute approximate surface area is 1070 Å². The van der Waals surface area contributed by atoms with E-state index < -0.39 is 22.4 Å². The summed E-state index contributed by atoms with van der Waals surface area (Å²) in [5.74, 6) is -1.40. The average Bonchev–Trinajstić information content (AvgIpc) is 3.77. The number of halogens is 1. The molecule has 0 saturated heterocycles. The van der Waals surface area contributed by atoms with E-state index in [9.17, 15) is 19.3 Å². The Morgan fingerprint density at radius 1 is 0.766 bits per heavy atom. The second-order valence-corrected chi connectivity index (χ2v) is 8.26. The Morgan fingerprint density at radius 3 is 1.55 bits per heavy atom. The number of nitro benzene ring substituents is 1. The van der Waals surface area contributed by atoms with Crippen LogP contribution in [-0.2, 0) is 11.3 Å². The van der Waals surface area contributed by atoms with Crippen molar-refractivity contribution in [3.05, 3.63) is 75.9 Å². The molecule has 0 unspecified atom stereocenters. The van der Waals surface area contributed by atoms with Crippen LogP contribution in [0.4, 0.5) is 21.7 Å². The number of aromatic nitrogens is 3. The monoisotopic (exact) mass is 1610 g/mol. The van der Waals surface area contributed by atoms with Crippen LogP contribution in [0, 0.1) is 22.9 Å². The van der Waals surface area contributed by atoms with Gasteiger partial charge in [-0.05, 0) is 45.4 Å². The molecule has 2 aromatic heterocycles. The van der Waals surface area contributed by atoms with Gasteiger partial charge in [-0.3, -0.25) is 10.1 Å². The fourth-order valence-corrected chi connectivity index (χ4v) is 3.83. The van der Waals surface area contributed by atoms with Gasteiger partial charge in [0, 0.05) is 41.5 Å². The summed E-state index contributed by atoms with van der Waals surface area (Å²) >= 11 is 35.0. The molecule has 1 N–H and O–H groups in total. The molecule has 0 radical (unpaired) electrons. The number of hydrogen-bond acceptors (Lipinski definition) is 7. The number of anilines is 2. The number of esters is 1. The summed E-state index contributed by atoms with van der Waals surface area (Å²) in [4.78, 5) is 32.1. The fraction of sp³-hybridized carbons (Fsp3) is 0.240. The predicted octanol–water partition coefficient (Wildman–Crippen LogP) is -7.76. The van der Waals surface area contributed by atoms with Gasteiger partial charge in [0.2, 0.25) is 11.8 Å². The van der Waals surface area contributed by atoms with E-state index in [2.05, 4.69) is 15.3 Å². The number of hydrogen-bond donors (Lipinski definition) is 1. The molecule has 0 atom stereocenters. The second-order valence-electron chi connectivity index (χ2n) is 8.26. The number of nitro groups is 1. The van der Waals surface area contributed by atoms with Crippen molar-refractivity contribution in [2.75, 3.05) is 5.32 Å². The van der Waals surface area contributed by atoms with Gasteiger partial charge >= 0.3 is 947 Å². The van der Waals surface area contributed by atoms with E-state index >= 15 is 0 Å². The van der Waals surface area contributed by atoms with Gasteiger partial charge in [0.25, 0.3) is 0 Å². The van der Waals surface area contributed by atoms with Crippen LogP contribution in [0.15, 0.2) is 48.8 Å². The number of aryl methyl sites for hydroxylation is 2. The van der Waals surface area contributed by atoms with E-state index in [0.29, 0.717) is 23.4 Å². The Hall–Kier alpha value is 43.1. The van der Waals surface area contributed by atoms with Gasteiger partial charge in [0.15, 0.2) is 0 Å². The molecule has 9 nitrogen and oxygen atoms in total. The topological polar surface area (TPSA) is 112 Å². The summed E-state index contributed by atoms with van der Waals surface area (Å²) < 4.78 is 21.4. The van der Waals surface area contributed by atoms with Crippen LogP contribution in [0.25, 0.3) is 22.2 Å². The van der Waals surface area contributed by atoms with Gasteiger partial charge in [0.05, 0.1) is 22.4 Å². The maximum atomic E-state index is 14.0. The number of nitrogens with one attached hydrogen (secondary N) is 1. The number of fused-ring (bicyclic) bond motifs is 1. The summed E-state index contributed by atoms with van der Waals surface area (Å²) in [5.41, 5.74) is 2.27. The molecule has 64 heavy (non-hydrogen) atoms. The Balaban J connectivity index is -0.0000000704. The summed E-state index contributed by atoms with van der Waals surface area (Å²) in [6.07, 6.45) is 2.94. The third-order valence-electron chi connectivity index (χ3n) is 5.47. The molecule has 4 aromatic rings. The van der Waals surface area contributed by atoms with Crippen molar-refractivity contribution in [3.8, 4) is 11.3 Å². The van der Waals surface area contributed by atoms with E-state index in [1.54, 1.807) is 20.8 Å². The number of ether oxygens (including phenoxy) is 1. The van der Waals surface area contributed by atoms with Gasteiger partial charge in [-0.15, -0.1) is 0 Å². The molecular formula is C25H25FK29N5O4. The van der Waals surface area contributed by atoms with Crippen LogP contribution >= 0.6 is 0 Å². The van der Waals surface area contributed by atoms with Crippen LogP contribution in [0.5, 0.6) is 0 Å². The van der Waals surface area contributed by atoms with Crippen molar-refractivity contribution in [1.82, 2.24) is 14.5 Å². The standard InChI is InChI=1S/C25H24FN5O4.29K.H/c1-5-30-13-18(16-8-6-7-9-21(16)30)23-17(24(32)35-14(2)3)12-27-25(29-23)28-20-11-22(31(33)34)19(26)10-15(20)4;;;;;;;;;;;;;;;;;;;;;;;;;;;;;;/h6-14H,5H2,1-4H3,(H,27,28,29);;;;;;;;;;;;;;;;;;;;;;;;;;;;;;/q;;;;;;;;;;;;;;;;;;;;;;;;;;;;;+1;-1. The third kappa shape index (κ3) is 83.1. The van der Waals surface area contributed by atoms with Gasteiger partial charge < -0.3 is 16.0 Å². The Morgan fingerprint density at radius 2 is 1.17 bits per heavy atom. The SMILES string of the molecule is CCn1cc(-c2nc(Nc3cc([N+](=O)[O-])c(F)cc3C)ncc2C(=O)OC(C)C)c2ccccc21.[H-].[K+].[K][K].[K][K].[K][K].[K][K].[K][K].[K][K].[K][K].[K][K].[K][K].[K][K].[K][K].[K][K].[K][K].[K][K]. The summed E-state index contributed by atoms with van der Waals surface area (Å²) in [6, 6.07) is 9.93. The van der Waals surface area contributed by atoms with E-state index in [1.807, 2.05) is 42.0 Å². The van der Waals surface area contributed by atoms with Crippen molar-refractivity contribution in [2.45, 2.75) is 40.3 Å². The summed E-state index contributed by atoms with van der Waals surface area (Å²) in [6.45, 7) is 7.84. The first-order chi connectivity index (χ1) is 30.7. The van der Waals surface area contributed by atoms with Crippen LogP contribution in [0.3, 0.4) is 0 Å². The molecular weight excluding hydrogens is 1590 g/mol. The molecule has 0 bridgehead atoms. The first kappa shape index (κ1) is 133. The van der Waals surface area contributed by atoms with Crippen LogP contribution in [0.2, 0.25) is 0 Å². The molecule has 2 aromatic carbocycles. The third-order valence-corrected chi connectivity index (χ3v) is 5.47. The van der Waals surface area contributed by atoms with Crippen LogP contribution in [-0.4, -0.2) is 916 Å². The molecule has 210 valence electrons. The molecule has 2 heterocycles. The Kier molecular flexibility index (Phi) is 254. The first-order valence-corrected chi connectivity index (χ1v) is 249. The number of rotatable bonds is 7. The average molecular weight is 1610 g/mol. The minimum absolute atomic E-state index is 0. The van der Waals surface area contributed by atoms with Crippen molar-refractivity contribution in [1.29, 1.82) is 0 Å². The van der Waals surface area contributed by atoms with E-state index in [-0.39, 0.29) is 76.1 Å². The number of nitrogens with zero attached hydrogens (tertiary/aromatic N) is 4. The van der Waals surface area contributed by atoms with Crippen molar-refractivity contribution in [3.63, 3.8) is 0 Å². The van der Waals surface area contributed by atoms with Gasteiger partial charge in [-0.1, -0.05) is 18.2 Å². The first-order valence-electron chi connectivity index (χ1n) is 25.1. The number of carbonyl (C=O) groups is 1. The minimum atomic E-state index is -0.932. The zero-order valence-electron chi connectivity index (χ0n) is 49.7. The van der Waals surface area contributed by atoms with Crippen molar-refractivity contribution >= 4 is 918 Å². The molecule has 0 spiro atoms. The maximum absolute atomic E-state index is 14.0. The molecule has 0 amide bonds. The zero-order chi connectivity index (χ0) is 53.3. The Bertz CT molecular complexity index is 1520. The van der Waals surface area contributed by atoms with Gasteiger partial charge in [-0.25, -0.2) is 14.8 Å². The zero-order valence-corrected chi connectivity index (χ0v) is 139. The van der Waals surface area contributed by atoms with Gasteiger partial charge in [0.1, 0.15) is 5.56 Å². The fourth-order valence-electron chi connectivity index (χ4n) is 3.83. The molecule has 0 saturated carbocycles. The normalized spacial score (nSPS) is 7.84. The van der Waals surface area contributed by atoms with Crippen molar-refractivity contribution < 1.29 is 71.7 Å². The summed E-state index contributed by atoms with van der Waals surface area (Å²) in [5, 5.41) is 15.0. The summed E-state index contributed by atoms with van der Waals surface area (Å²) in [7, 11) is 0. The number of para-hydroxylation sites is 1. The van der Waals surface area contributed by atoms with E-state index in [0.717, 1.165) is 23.0 Å². The molecule has 4 rings (SSSR count). The van der Waals surface area contributed by atoms with Gasteiger partial charge in [-0.2, -0.15) is 4.39 Å². The van der Waals surface area contributed by atoms with Crippen LogP contribution in [0.1, 0.15) is 38.1 Å². The molecule has 0 aliphatic carbocycles. The van der Waals surface area contributed by atoms with Crippen LogP contribution < -0.4 is 56.7 Å². The van der Waals surface area contributed by atoms with Crippen molar-refractivity contribution in [2.24, 2.45) is 0 Å². The second kappa shape index (κ2) is 122. The molecule has 0 aliphatic rings. The quantitative estimate of drug-likeness (QED) is 0.0849. The molecule has 0 fully saturated rings.